The molecule has 1 aliphatic rings. The summed E-state index contributed by atoms with van der Waals surface area (Å²) in [5.41, 5.74) is 1.69. The molecule has 1 saturated carbocycles. The van der Waals surface area contributed by atoms with Gasteiger partial charge in [0.25, 0.3) is 0 Å². The molecule has 0 heterocycles. The highest BCUT2D eigenvalue weighted by Gasteiger charge is 2.36. The Labute approximate surface area is 238 Å². The molecule has 1 aliphatic carbocycles. The van der Waals surface area contributed by atoms with Gasteiger partial charge in [-0.1, -0.05) is 12.1 Å². The average molecular weight is 592 g/mol. The molecular formula is C26H31N4O10S+3. The number of carbonyl (C=O) groups is 5. The zero-order valence-electron chi connectivity index (χ0n) is 22.1. The second kappa shape index (κ2) is 15.9. The summed E-state index contributed by atoms with van der Waals surface area (Å²) in [6, 6.07) is 6.72. The number of carboxylic acids is 5. The zero-order valence-corrected chi connectivity index (χ0v) is 22.9. The van der Waals surface area contributed by atoms with E-state index in [4.69, 9.17) is 5.26 Å². The number of hydrogen-bond acceptors (Lipinski definition) is 7. The van der Waals surface area contributed by atoms with Gasteiger partial charge in [-0.05, 0) is 42.3 Å². The Balaban J connectivity index is 2.77. The van der Waals surface area contributed by atoms with Crippen LogP contribution in [0.1, 0.15) is 31.2 Å². The predicted molar refractivity (Wildman–Crippen MR) is 143 cm³/mol. The predicted octanol–water partition coefficient (Wildman–Crippen LogP) is 0.160. The van der Waals surface area contributed by atoms with Crippen molar-refractivity contribution in [3.05, 3.63) is 29.8 Å². The summed E-state index contributed by atoms with van der Waals surface area (Å²) >= 11 is 0.938. The van der Waals surface area contributed by atoms with Gasteiger partial charge in [0.1, 0.15) is 5.40 Å². The van der Waals surface area contributed by atoms with Gasteiger partial charge in [0.2, 0.25) is 56.4 Å². The Morgan fingerprint density at radius 1 is 0.683 bits per heavy atom. The average Bonchev–Trinajstić information content (AvgIpc) is 2.87. The van der Waals surface area contributed by atoms with E-state index in [1.165, 1.54) is 9.15 Å². The number of thiocyanates is 1. The third-order valence-electron chi connectivity index (χ3n) is 6.12. The third-order valence-corrected chi connectivity index (χ3v) is 6.72. The highest BCUT2D eigenvalue weighted by atomic mass is 32.2. The summed E-state index contributed by atoms with van der Waals surface area (Å²) in [7, 11) is 0. The SMILES string of the molecule is N#CSc1ccc(CC(C[N+](CC(=O)O)=C2CCCCC2=[N+](CC(=O)O)CC(=O)O)=[N+](CC(=O)O)CC(=O)O)cc1. The highest BCUT2D eigenvalue weighted by Crippen LogP contribution is 2.18. The second-order valence-corrected chi connectivity index (χ2v) is 10.1. The van der Waals surface area contributed by atoms with Crippen LogP contribution < -0.4 is 0 Å². The van der Waals surface area contributed by atoms with E-state index in [9.17, 15) is 49.5 Å². The molecule has 0 amide bonds. The highest BCUT2D eigenvalue weighted by molar-refractivity contribution is 8.03. The topological polar surface area (TPSA) is 219 Å². The van der Waals surface area contributed by atoms with Crippen LogP contribution in [0.15, 0.2) is 29.2 Å². The molecule has 5 N–H and O–H groups in total. The second-order valence-electron chi connectivity index (χ2n) is 9.22. The molecule has 0 saturated heterocycles. The number of thioether (sulfide) groups is 1. The number of hydrogen-bond donors (Lipinski definition) is 5. The summed E-state index contributed by atoms with van der Waals surface area (Å²) < 4.78 is 3.72. The van der Waals surface area contributed by atoms with E-state index in [-0.39, 0.29) is 18.7 Å². The lowest BCUT2D eigenvalue weighted by molar-refractivity contribution is -0.543. The van der Waals surface area contributed by atoms with E-state index < -0.39 is 62.6 Å². The molecule has 0 unspecified atom stereocenters. The van der Waals surface area contributed by atoms with Crippen molar-refractivity contribution >= 4 is 58.7 Å². The Morgan fingerprint density at radius 3 is 1.49 bits per heavy atom. The van der Waals surface area contributed by atoms with Gasteiger partial charge in [-0.2, -0.15) is 5.26 Å². The Bertz CT molecular complexity index is 1310. The molecule has 1 fully saturated rings. The summed E-state index contributed by atoms with van der Waals surface area (Å²) in [4.78, 5) is 59.0. The molecule has 14 nitrogen and oxygen atoms in total. The minimum Gasteiger partial charge on any atom is -0.477 e. The van der Waals surface area contributed by atoms with Crippen LogP contribution in [0.5, 0.6) is 0 Å². The van der Waals surface area contributed by atoms with Gasteiger partial charge in [-0.15, -0.1) is 0 Å². The van der Waals surface area contributed by atoms with Crippen LogP contribution in [0, 0.1) is 10.7 Å². The monoisotopic (exact) mass is 591 g/mol. The van der Waals surface area contributed by atoms with E-state index >= 15 is 0 Å². The van der Waals surface area contributed by atoms with Crippen molar-refractivity contribution in [1.29, 1.82) is 5.26 Å². The van der Waals surface area contributed by atoms with Gasteiger partial charge in [-0.25, -0.2) is 37.7 Å². The van der Waals surface area contributed by atoms with Crippen molar-refractivity contribution in [1.82, 2.24) is 0 Å². The minimum atomic E-state index is -1.30. The maximum Gasteiger partial charge on any atom is 0.369 e. The molecule has 0 bridgehead atoms. The first kappa shape index (κ1) is 32.6. The van der Waals surface area contributed by atoms with Gasteiger partial charge in [0, 0.05) is 17.7 Å². The molecule has 218 valence electrons. The van der Waals surface area contributed by atoms with Crippen molar-refractivity contribution in [2.24, 2.45) is 0 Å². The first-order chi connectivity index (χ1) is 19.4. The zero-order chi connectivity index (χ0) is 30.5. The van der Waals surface area contributed by atoms with E-state index in [1.54, 1.807) is 24.3 Å². The molecule has 15 heteroatoms. The number of nitrogens with zero attached hydrogens (tertiary/aromatic N) is 4. The van der Waals surface area contributed by atoms with Crippen LogP contribution in [0.4, 0.5) is 0 Å². The fourth-order valence-electron chi connectivity index (χ4n) is 4.60. The number of aliphatic carboxylic acids is 5. The maximum atomic E-state index is 11.9. The lowest BCUT2D eigenvalue weighted by atomic mass is 9.94. The molecule has 41 heavy (non-hydrogen) atoms. The molecule has 1 aromatic carbocycles. The number of rotatable bonds is 15. The van der Waals surface area contributed by atoms with Crippen LogP contribution in [0.3, 0.4) is 0 Å². The number of carboxylic acid groups (broad SMARTS) is 5. The van der Waals surface area contributed by atoms with Gasteiger partial charge in [0.05, 0.1) is 6.42 Å². The van der Waals surface area contributed by atoms with Crippen LogP contribution in [-0.4, -0.2) is 126 Å². The first-order valence-electron chi connectivity index (χ1n) is 12.4. The van der Waals surface area contributed by atoms with E-state index in [1.807, 2.05) is 5.40 Å². The summed E-state index contributed by atoms with van der Waals surface area (Å²) in [6.45, 7) is -3.40. The van der Waals surface area contributed by atoms with Crippen molar-refractivity contribution in [3.8, 4) is 5.40 Å². The Kier molecular flexibility index (Phi) is 12.6. The largest absolute Gasteiger partial charge is 0.477 e. The third kappa shape index (κ3) is 11.2. The molecule has 0 aromatic heterocycles. The molecule has 0 radical (unpaired) electrons. The van der Waals surface area contributed by atoms with Crippen molar-refractivity contribution in [2.75, 3.05) is 39.3 Å². The lowest BCUT2D eigenvalue weighted by Crippen LogP contribution is -2.45. The molecule has 0 aliphatic heterocycles. The van der Waals surface area contributed by atoms with Crippen molar-refractivity contribution < 1.29 is 63.2 Å². The van der Waals surface area contributed by atoms with Crippen LogP contribution >= 0.6 is 11.8 Å². The lowest BCUT2D eigenvalue weighted by Gasteiger charge is -2.16. The number of benzene rings is 1. The van der Waals surface area contributed by atoms with E-state index in [0.29, 0.717) is 47.6 Å². The van der Waals surface area contributed by atoms with Crippen molar-refractivity contribution in [2.45, 2.75) is 37.0 Å². The van der Waals surface area contributed by atoms with Gasteiger partial charge in [-0.3, -0.25) is 0 Å². The smallest absolute Gasteiger partial charge is 0.369 e. The Hall–Kier alpha value is -4.58. The number of nitriles is 1. The molecule has 2 rings (SSSR count). The van der Waals surface area contributed by atoms with Gasteiger partial charge < -0.3 is 25.5 Å². The standard InChI is InChI=1S/C26H28N4O10S/c27-16-41-19-7-5-17(6-8-19)9-18(28(11-22(31)32)12-23(33)34)10-29(13-24(35)36)20-3-1-2-4-21(20)30(14-25(37)38)15-26(39)40/h5-8H,1-4,9-15H2,(H2-3,31,32,33,34,35,36,37,38,39,40)/p+3. The fraction of sp³-hybridized carbons (Fsp3) is 0.423. The molecule has 1 aromatic rings. The molecule has 0 spiro atoms. The van der Waals surface area contributed by atoms with E-state index in [2.05, 4.69) is 0 Å². The van der Waals surface area contributed by atoms with E-state index in [0.717, 1.165) is 16.3 Å². The minimum absolute atomic E-state index is 0.0464. The van der Waals surface area contributed by atoms with Crippen LogP contribution in [0.2, 0.25) is 0 Å². The summed E-state index contributed by atoms with van der Waals surface area (Å²) in [5, 5.41) is 58.4. The summed E-state index contributed by atoms with van der Waals surface area (Å²) in [5.74, 6) is -6.40. The fourth-order valence-corrected chi connectivity index (χ4v) is 4.97. The quantitative estimate of drug-likeness (QED) is 0.0797. The van der Waals surface area contributed by atoms with Crippen molar-refractivity contribution in [3.63, 3.8) is 0 Å². The maximum absolute atomic E-state index is 11.9. The Morgan fingerprint density at radius 2 is 1.10 bits per heavy atom. The van der Waals surface area contributed by atoms with Crippen LogP contribution in [0.25, 0.3) is 0 Å². The molecule has 0 atom stereocenters. The van der Waals surface area contributed by atoms with Gasteiger partial charge in [0.15, 0.2) is 0 Å². The van der Waals surface area contributed by atoms with Gasteiger partial charge >= 0.3 is 29.8 Å². The summed E-state index contributed by atoms with van der Waals surface area (Å²) in [6.07, 6.45) is 1.88. The normalized spacial score (nSPS) is 14.0. The molecular weight excluding hydrogens is 560 g/mol. The first-order valence-corrected chi connectivity index (χ1v) is 13.3. The van der Waals surface area contributed by atoms with Crippen LogP contribution in [-0.2, 0) is 30.4 Å².